The van der Waals surface area contributed by atoms with Crippen molar-refractivity contribution in [1.82, 2.24) is 0 Å². The van der Waals surface area contributed by atoms with E-state index in [0.717, 1.165) is 11.3 Å². The minimum Gasteiger partial charge on any atom is -0.507 e. The number of hydrogen-bond acceptors (Lipinski definition) is 6. The highest BCUT2D eigenvalue weighted by molar-refractivity contribution is 6.51. The van der Waals surface area contributed by atoms with E-state index >= 15 is 0 Å². The molecule has 2 aliphatic rings. The molecular formula is C28H22N2O5. The molecular weight excluding hydrogens is 444 g/mol. The van der Waals surface area contributed by atoms with Crippen molar-refractivity contribution in [2.24, 2.45) is 0 Å². The lowest BCUT2D eigenvalue weighted by atomic mass is 9.94. The number of amides is 1. The van der Waals surface area contributed by atoms with Crippen LogP contribution in [0, 0.1) is 11.3 Å². The van der Waals surface area contributed by atoms with Crippen LogP contribution < -0.4 is 14.4 Å². The minimum atomic E-state index is -0.888. The number of nitrogens with zero attached hydrogens (tertiary/aromatic N) is 2. The molecule has 35 heavy (non-hydrogen) atoms. The molecule has 0 saturated carbocycles. The van der Waals surface area contributed by atoms with Crippen LogP contribution in [0.5, 0.6) is 11.5 Å². The van der Waals surface area contributed by atoms with E-state index in [4.69, 9.17) is 14.7 Å². The molecule has 3 aromatic carbocycles. The van der Waals surface area contributed by atoms with Gasteiger partial charge in [-0.3, -0.25) is 14.5 Å². The number of benzene rings is 3. The van der Waals surface area contributed by atoms with Gasteiger partial charge in [0.05, 0.1) is 30.4 Å². The van der Waals surface area contributed by atoms with E-state index in [-0.39, 0.29) is 17.4 Å². The van der Waals surface area contributed by atoms with Crippen LogP contribution in [-0.4, -0.2) is 30.0 Å². The summed E-state index contributed by atoms with van der Waals surface area (Å²) in [6, 6.07) is 19.9. The molecule has 2 unspecified atom stereocenters. The first-order valence-electron chi connectivity index (χ1n) is 11.2. The number of carbonyl (C=O) groups is 2. The van der Waals surface area contributed by atoms with Crippen LogP contribution >= 0.6 is 0 Å². The van der Waals surface area contributed by atoms with Crippen LogP contribution in [0.1, 0.15) is 35.2 Å². The minimum absolute atomic E-state index is 0.0143. The van der Waals surface area contributed by atoms with Crippen LogP contribution in [-0.2, 0) is 16.0 Å². The van der Waals surface area contributed by atoms with Gasteiger partial charge in [0.1, 0.15) is 23.4 Å². The number of carbonyl (C=O) groups excluding carboxylic acids is 2. The van der Waals surface area contributed by atoms with Gasteiger partial charge < -0.3 is 14.6 Å². The first-order chi connectivity index (χ1) is 16.9. The summed E-state index contributed by atoms with van der Waals surface area (Å²) in [6.45, 7) is 1.96. The number of nitriles is 1. The van der Waals surface area contributed by atoms with E-state index in [9.17, 15) is 14.7 Å². The van der Waals surface area contributed by atoms with E-state index in [0.29, 0.717) is 34.5 Å². The molecule has 7 nitrogen and oxygen atoms in total. The Kier molecular flexibility index (Phi) is 5.50. The van der Waals surface area contributed by atoms with Crippen LogP contribution in [0.2, 0.25) is 0 Å². The van der Waals surface area contributed by atoms with Crippen LogP contribution in [0.25, 0.3) is 5.76 Å². The second kappa shape index (κ2) is 8.65. The van der Waals surface area contributed by atoms with E-state index in [1.54, 1.807) is 66.7 Å². The monoisotopic (exact) mass is 466 g/mol. The van der Waals surface area contributed by atoms with E-state index < -0.39 is 17.7 Å². The SMILES string of the molecule is COc1cccc(C2/C(=C(/O)c3ccc4c(c3)CC(C)O4)C(=O)C(=O)N2c2ccc(C#N)cc2)c1. The topological polar surface area (TPSA) is 99.9 Å². The molecule has 2 heterocycles. The number of aliphatic hydroxyl groups excluding tert-OH is 1. The number of hydrogen-bond donors (Lipinski definition) is 1. The Morgan fingerprint density at radius 1 is 1.11 bits per heavy atom. The van der Waals surface area contributed by atoms with Gasteiger partial charge in [0.2, 0.25) is 0 Å². The van der Waals surface area contributed by atoms with Gasteiger partial charge in [-0.1, -0.05) is 12.1 Å². The predicted octanol–water partition coefficient (Wildman–Crippen LogP) is 4.52. The van der Waals surface area contributed by atoms with Crippen molar-refractivity contribution in [3.63, 3.8) is 0 Å². The zero-order valence-corrected chi connectivity index (χ0v) is 19.2. The Hall–Kier alpha value is -4.57. The number of aliphatic hydroxyl groups is 1. The fraction of sp³-hybridized carbons (Fsp3) is 0.179. The molecule has 1 saturated heterocycles. The van der Waals surface area contributed by atoms with Crippen molar-refractivity contribution in [1.29, 1.82) is 5.26 Å². The molecule has 0 radical (unpaired) electrons. The number of methoxy groups -OCH3 is 1. The maximum absolute atomic E-state index is 13.3. The molecule has 0 spiro atoms. The summed E-state index contributed by atoms with van der Waals surface area (Å²) in [7, 11) is 1.53. The van der Waals surface area contributed by atoms with E-state index in [1.807, 2.05) is 13.0 Å². The highest BCUT2D eigenvalue weighted by atomic mass is 16.5. The first-order valence-corrected chi connectivity index (χ1v) is 11.2. The highest BCUT2D eigenvalue weighted by Gasteiger charge is 2.47. The average molecular weight is 466 g/mol. The molecule has 0 aliphatic carbocycles. The zero-order valence-electron chi connectivity index (χ0n) is 19.2. The average Bonchev–Trinajstić information content (AvgIpc) is 3.39. The fourth-order valence-corrected chi connectivity index (χ4v) is 4.65. The fourth-order valence-electron chi connectivity index (χ4n) is 4.65. The molecule has 1 N–H and O–H groups in total. The lowest BCUT2D eigenvalue weighted by Gasteiger charge is -2.25. The number of anilines is 1. The Labute approximate surface area is 202 Å². The lowest BCUT2D eigenvalue weighted by Crippen LogP contribution is -2.29. The number of Topliss-reactive ketones (excluding diaryl/α,β-unsaturated/α-hetero) is 1. The summed E-state index contributed by atoms with van der Waals surface area (Å²) in [5.74, 6) is -0.505. The molecule has 1 amide bonds. The second-order valence-corrected chi connectivity index (χ2v) is 8.56. The third-order valence-corrected chi connectivity index (χ3v) is 6.30. The summed E-state index contributed by atoms with van der Waals surface area (Å²) in [5, 5.41) is 20.5. The molecule has 7 heteroatoms. The molecule has 0 aromatic heterocycles. The summed E-state index contributed by atoms with van der Waals surface area (Å²) in [6.07, 6.45) is 0.719. The van der Waals surface area contributed by atoms with Gasteiger partial charge in [0.25, 0.3) is 11.7 Å². The van der Waals surface area contributed by atoms with Crippen molar-refractivity contribution in [3.8, 4) is 17.6 Å². The summed E-state index contributed by atoms with van der Waals surface area (Å²) < 4.78 is 11.1. The summed E-state index contributed by atoms with van der Waals surface area (Å²) in [4.78, 5) is 28.0. The summed E-state index contributed by atoms with van der Waals surface area (Å²) >= 11 is 0. The largest absolute Gasteiger partial charge is 0.507 e. The van der Waals surface area contributed by atoms with Gasteiger partial charge in [-0.2, -0.15) is 5.26 Å². The molecule has 5 rings (SSSR count). The lowest BCUT2D eigenvalue weighted by molar-refractivity contribution is -0.132. The van der Waals surface area contributed by atoms with Gasteiger partial charge in [0.15, 0.2) is 0 Å². The van der Waals surface area contributed by atoms with Crippen LogP contribution in [0.4, 0.5) is 5.69 Å². The molecule has 2 atom stereocenters. The van der Waals surface area contributed by atoms with Gasteiger partial charge in [-0.05, 0) is 72.6 Å². The van der Waals surface area contributed by atoms with E-state index in [1.165, 1.54) is 12.0 Å². The van der Waals surface area contributed by atoms with Gasteiger partial charge in [-0.15, -0.1) is 0 Å². The molecule has 3 aromatic rings. The zero-order chi connectivity index (χ0) is 24.7. The Bertz CT molecular complexity index is 1420. The Morgan fingerprint density at radius 2 is 1.89 bits per heavy atom. The maximum atomic E-state index is 13.3. The molecule has 1 fully saturated rings. The third kappa shape index (κ3) is 3.79. The molecule has 0 bridgehead atoms. The van der Waals surface area contributed by atoms with Gasteiger partial charge in [0, 0.05) is 17.7 Å². The number of ether oxygens (including phenoxy) is 2. The number of fused-ring (bicyclic) bond motifs is 1. The molecule has 174 valence electrons. The van der Waals surface area contributed by atoms with Gasteiger partial charge in [-0.25, -0.2) is 0 Å². The van der Waals surface area contributed by atoms with Crippen molar-refractivity contribution in [2.75, 3.05) is 12.0 Å². The van der Waals surface area contributed by atoms with Crippen molar-refractivity contribution < 1.29 is 24.2 Å². The van der Waals surface area contributed by atoms with Crippen molar-refractivity contribution >= 4 is 23.1 Å². The van der Waals surface area contributed by atoms with Gasteiger partial charge >= 0.3 is 0 Å². The van der Waals surface area contributed by atoms with Crippen LogP contribution in [0.3, 0.4) is 0 Å². The Balaban J connectivity index is 1.69. The van der Waals surface area contributed by atoms with E-state index in [2.05, 4.69) is 0 Å². The second-order valence-electron chi connectivity index (χ2n) is 8.56. The first kappa shape index (κ1) is 22.2. The summed E-state index contributed by atoms with van der Waals surface area (Å²) in [5.41, 5.74) is 2.83. The van der Waals surface area contributed by atoms with Crippen molar-refractivity contribution in [3.05, 3.63) is 94.6 Å². The quantitative estimate of drug-likeness (QED) is 0.345. The third-order valence-electron chi connectivity index (χ3n) is 6.30. The Morgan fingerprint density at radius 3 is 2.60 bits per heavy atom. The predicted molar refractivity (Wildman–Crippen MR) is 129 cm³/mol. The maximum Gasteiger partial charge on any atom is 0.300 e. The molecule has 2 aliphatic heterocycles. The number of rotatable bonds is 4. The highest BCUT2D eigenvalue weighted by Crippen LogP contribution is 2.43. The normalized spacial score (nSPS) is 20.3. The number of ketones is 1. The van der Waals surface area contributed by atoms with Crippen LogP contribution in [0.15, 0.2) is 72.3 Å². The standard InChI is InChI=1S/C28H22N2O5/c1-16-12-20-13-19(8-11-23(20)35-16)26(31)24-25(18-4-3-5-22(14-18)34-2)30(28(33)27(24)32)21-9-6-17(15-29)7-10-21/h3-11,13-14,16,25,31H,12H2,1-2H3/b26-24-. The van der Waals surface area contributed by atoms with Crippen molar-refractivity contribution in [2.45, 2.75) is 25.5 Å². The smallest absolute Gasteiger partial charge is 0.300 e.